The first-order valence-electron chi connectivity index (χ1n) is 9.43. The Morgan fingerprint density at radius 3 is 2.77 bits per heavy atom. The van der Waals surface area contributed by atoms with Crippen molar-refractivity contribution in [2.75, 3.05) is 33.4 Å². The second-order valence-corrected chi connectivity index (χ2v) is 7.71. The number of nitrogens with zero attached hydrogens (tertiary/aromatic N) is 3. The van der Waals surface area contributed by atoms with E-state index >= 15 is 0 Å². The zero-order valence-corrected chi connectivity index (χ0v) is 18.4. The second kappa shape index (κ2) is 9.90. The monoisotopic (exact) mass is 479 g/mol. The van der Waals surface area contributed by atoms with Crippen molar-refractivity contribution in [1.82, 2.24) is 14.7 Å². The molecule has 30 heavy (non-hydrogen) atoms. The number of hydrogen-bond donors (Lipinski definition) is 1. The molecule has 0 saturated heterocycles. The summed E-state index contributed by atoms with van der Waals surface area (Å²) in [5.41, 5.74) is 1.90. The summed E-state index contributed by atoms with van der Waals surface area (Å²) in [5.74, 6) is 0.00138. The SMILES string of the molecule is CN(CCCOCCOc1ccc(-c2nn(C)c3cc(Br)ccc23)c(F)c1)C(=O)O. The predicted molar refractivity (Wildman–Crippen MR) is 115 cm³/mol. The van der Waals surface area contributed by atoms with E-state index in [0.29, 0.717) is 43.2 Å². The first-order valence-corrected chi connectivity index (χ1v) is 10.2. The summed E-state index contributed by atoms with van der Waals surface area (Å²) in [4.78, 5) is 11.9. The fourth-order valence-corrected chi connectivity index (χ4v) is 3.38. The summed E-state index contributed by atoms with van der Waals surface area (Å²) < 4.78 is 28.4. The zero-order chi connectivity index (χ0) is 21.7. The van der Waals surface area contributed by atoms with Gasteiger partial charge in [-0.2, -0.15) is 5.10 Å². The van der Waals surface area contributed by atoms with Crippen molar-refractivity contribution < 1.29 is 23.8 Å². The standard InChI is InChI=1S/C21H23BrFN3O4/c1-25(21(27)28)8-3-9-29-10-11-30-15-5-7-16(18(23)13-15)20-17-6-4-14(22)12-19(17)26(2)24-20/h4-7,12-13H,3,8-11H2,1-2H3,(H,27,28). The number of carboxylic acid groups (broad SMARTS) is 1. The largest absolute Gasteiger partial charge is 0.491 e. The lowest BCUT2D eigenvalue weighted by atomic mass is 10.1. The van der Waals surface area contributed by atoms with Gasteiger partial charge in [0.05, 0.1) is 12.1 Å². The minimum Gasteiger partial charge on any atom is -0.491 e. The summed E-state index contributed by atoms with van der Waals surface area (Å²) in [6.07, 6.45) is -0.365. The van der Waals surface area contributed by atoms with Crippen LogP contribution < -0.4 is 4.74 Å². The van der Waals surface area contributed by atoms with Crippen LogP contribution >= 0.6 is 15.9 Å². The smallest absolute Gasteiger partial charge is 0.407 e. The Morgan fingerprint density at radius 1 is 1.23 bits per heavy atom. The molecule has 3 rings (SSSR count). The molecule has 1 amide bonds. The van der Waals surface area contributed by atoms with Crippen LogP contribution in [0.1, 0.15) is 6.42 Å². The molecule has 0 bridgehead atoms. The number of carbonyl (C=O) groups is 1. The molecular formula is C21H23BrFN3O4. The van der Waals surface area contributed by atoms with Crippen molar-refractivity contribution in [2.45, 2.75) is 6.42 Å². The lowest BCUT2D eigenvalue weighted by Crippen LogP contribution is -2.26. The van der Waals surface area contributed by atoms with Crippen molar-refractivity contribution >= 4 is 32.9 Å². The molecule has 3 aromatic rings. The second-order valence-electron chi connectivity index (χ2n) is 6.79. The highest BCUT2D eigenvalue weighted by atomic mass is 79.9. The van der Waals surface area contributed by atoms with Crippen molar-refractivity contribution in [3.8, 4) is 17.0 Å². The molecule has 0 spiro atoms. The molecule has 2 aromatic carbocycles. The quantitative estimate of drug-likeness (QED) is 0.456. The van der Waals surface area contributed by atoms with E-state index in [4.69, 9.17) is 14.6 Å². The summed E-state index contributed by atoms with van der Waals surface area (Å²) in [6, 6.07) is 10.5. The maximum Gasteiger partial charge on any atom is 0.407 e. The van der Waals surface area contributed by atoms with Gasteiger partial charge in [0.15, 0.2) is 0 Å². The molecule has 160 valence electrons. The highest BCUT2D eigenvalue weighted by Gasteiger charge is 2.15. The van der Waals surface area contributed by atoms with Crippen LogP contribution in [-0.4, -0.2) is 59.3 Å². The van der Waals surface area contributed by atoms with Crippen LogP contribution in [0, 0.1) is 5.82 Å². The van der Waals surface area contributed by atoms with Crippen LogP contribution in [0.2, 0.25) is 0 Å². The van der Waals surface area contributed by atoms with Crippen LogP contribution in [0.25, 0.3) is 22.2 Å². The van der Waals surface area contributed by atoms with Crippen molar-refractivity contribution in [3.05, 3.63) is 46.7 Å². The van der Waals surface area contributed by atoms with E-state index in [1.54, 1.807) is 16.8 Å². The van der Waals surface area contributed by atoms with E-state index in [1.165, 1.54) is 18.0 Å². The Morgan fingerprint density at radius 2 is 2.03 bits per heavy atom. The Balaban J connectivity index is 1.54. The highest BCUT2D eigenvalue weighted by molar-refractivity contribution is 9.10. The first-order chi connectivity index (χ1) is 14.4. The molecule has 1 N–H and O–H groups in total. The maximum absolute atomic E-state index is 14.7. The van der Waals surface area contributed by atoms with E-state index in [2.05, 4.69) is 21.0 Å². The van der Waals surface area contributed by atoms with Crippen LogP contribution in [0.5, 0.6) is 5.75 Å². The summed E-state index contributed by atoms with van der Waals surface area (Å²) in [6.45, 7) is 1.44. The van der Waals surface area contributed by atoms with Gasteiger partial charge in [-0.15, -0.1) is 0 Å². The van der Waals surface area contributed by atoms with E-state index in [1.807, 2.05) is 25.2 Å². The Bertz CT molecular complexity index is 1040. The molecule has 0 unspecified atom stereocenters. The number of halogens is 2. The number of amides is 1. The number of benzene rings is 2. The van der Waals surface area contributed by atoms with Gasteiger partial charge in [0.2, 0.25) is 0 Å². The molecular weight excluding hydrogens is 457 g/mol. The number of aryl methyl sites for hydroxylation is 1. The van der Waals surface area contributed by atoms with Crippen LogP contribution in [0.4, 0.5) is 9.18 Å². The third kappa shape index (κ3) is 5.28. The Hall–Kier alpha value is -2.65. The lowest BCUT2D eigenvalue weighted by molar-refractivity contribution is 0.0918. The Kier molecular flexibility index (Phi) is 7.28. The van der Waals surface area contributed by atoms with Gasteiger partial charge < -0.3 is 19.5 Å². The van der Waals surface area contributed by atoms with E-state index in [0.717, 1.165) is 15.4 Å². The molecule has 0 aliphatic heterocycles. The van der Waals surface area contributed by atoms with E-state index < -0.39 is 11.9 Å². The van der Waals surface area contributed by atoms with Crippen molar-refractivity contribution in [1.29, 1.82) is 0 Å². The third-order valence-electron chi connectivity index (χ3n) is 4.61. The third-order valence-corrected chi connectivity index (χ3v) is 5.11. The minimum absolute atomic E-state index is 0.272. The number of hydrogen-bond acceptors (Lipinski definition) is 4. The highest BCUT2D eigenvalue weighted by Crippen LogP contribution is 2.32. The molecule has 1 aromatic heterocycles. The first kappa shape index (κ1) is 22.0. The average molecular weight is 480 g/mol. The van der Waals surface area contributed by atoms with Gasteiger partial charge in [0, 0.05) is 48.7 Å². The van der Waals surface area contributed by atoms with E-state index in [9.17, 15) is 9.18 Å². The molecule has 0 saturated carbocycles. The fraction of sp³-hybridized carbons (Fsp3) is 0.333. The summed E-state index contributed by atoms with van der Waals surface area (Å²) >= 11 is 3.44. The lowest BCUT2D eigenvalue weighted by Gasteiger charge is -2.12. The predicted octanol–water partition coefficient (Wildman–Crippen LogP) is 4.54. The van der Waals surface area contributed by atoms with Gasteiger partial charge in [0.1, 0.15) is 23.9 Å². The summed E-state index contributed by atoms with van der Waals surface area (Å²) in [5, 5.41) is 14.1. The molecule has 0 aliphatic carbocycles. The van der Waals surface area contributed by atoms with E-state index in [-0.39, 0.29) is 6.61 Å². The molecule has 0 radical (unpaired) electrons. The number of fused-ring (bicyclic) bond motifs is 1. The van der Waals surface area contributed by atoms with Crippen LogP contribution in [0.15, 0.2) is 40.9 Å². The van der Waals surface area contributed by atoms with Gasteiger partial charge in [-0.05, 0) is 36.8 Å². The number of ether oxygens (including phenoxy) is 2. The van der Waals surface area contributed by atoms with Gasteiger partial charge in [-0.1, -0.05) is 15.9 Å². The van der Waals surface area contributed by atoms with Gasteiger partial charge in [-0.25, -0.2) is 9.18 Å². The van der Waals surface area contributed by atoms with Crippen LogP contribution in [-0.2, 0) is 11.8 Å². The molecule has 1 heterocycles. The van der Waals surface area contributed by atoms with Gasteiger partial charge in [0.25, 0.3) is 0 Å². The molecule has 0 atom stereocenters. The molecule has 0 aliphatic rings. The average Bonchev–Trinajstić information content (AvgIpc) is 3.02. The van der Waals surface area contributed by atoms with Crippen molar-refractivity contribution in [3.63, 3.8) is 0 Å². The van der Waals surface area contributed by atoms with Crippen LogP contribution in [0.3, 0.4) is 0 Å². The normalized spacial score (nSPS) is 11.1. The topological polar surface area (TPSA) is 76.8 Å². The Labute approximate surface area is 182 Å². The van der Waals surface area contributed by atoms with Gasteiger partial charge in [-0.3, -0.25) is 4.68 Å². The molecule has 0 fully saturated rings. The molecule has 9 heteroatoms. The minimum atomic E-state index is -0.963. The maximum atomic E-state index is 14.7. The van der Waals surface area contributed by atoms with Crippen molar-refractivity contribution in [2.24, 2.45) is 7.05 Å². The summed E-state index contributed by atoms with van der Waals surface area (Å²) in [7, 11) is 3.34. The number of rotatable bonds is 9. The number of aromatic nitrogens is 2. The zero-order valence-electron chi connectivity index (χ0n) is 16.8. The fourth-order valence-electron chi connectivity index (χ4n) is 3.03. The van der Waals surface area contributed by atoms with Gasteiger partial charge >= 0.3 is 6.09 Å². The molecule has 7 nitrogen and oxygen atoms in total.